The molecule has 4 aliphatic rings. The number of esters is 1. The summed E-state index contributed by atoms with van der Waals surface area (Å²) in [4.78, 5) is 43.6. The van der Waals surface area contributed by atoms with Crippen LogP contribution in [0.3, 0.4) is 0 Å². The first-order valence-corrected chi connectivity index (χ1v) is 9.22. The molecule has 12 heteroatoms. The molecule has 0 aromatic rings. The summed E-state index contributed by atoms with van der Waals surface area (Å²) < 4.78 is 15.0. The molecular weight excluding hydrogens is 382 g/mol. The highest BCUT2D eigenvalue weighted by Crippen LogP contribution is 2.37. The summed E-state index contributed by atoms with van der Waals surface area (Å²) >= 11 is 1.63. The average molecular weight is 403 g/mol. The SMILES string of the molecule is CO[C@H]1C(=O)N2C=C(COC(C)=O)CSC12.NC(=O)C1CNC2(CO1)OO2. The van der Waals surface area contributed by atoms with E-state index in [9.17, 15) is 14.4 Å². The van der Waals surface area contributed by atoms with Crippen molar-refractivity contribution in [2.24, 2.45) is 5.73 Å². The number of morpholine rings is 1. The number of nitrogens with two attached hydrogens (primary N) is 1. The fourth-order valence-corrected chi connectivity index (χ4v) is 3.86. The minimum atomic E-state index is -0.786. The molecule has 0 radical (unpaired) electrons. The van der Waals surface area contributed by atoms with Gasteiger partial charge in [0.15, 0.2) is 6.10 Å². The second kappa shape index (κ2) is 8.12. The molecule has 0 aromatic carbocycles. The van der Waals surface area contributed by atoms with Gasteiger partial charge in [0.2, 0.25) is 5.91 Å². The molecule has 0 aliphatic carbocycles. The summed E-state index contributed by atoms with van der Waals surface area (Å²) in [6, 6.07) is 0. The number of amides is 2. The zero-order valence-electron chi connectivity index (χ0n) is 14.8. The molecule has 4 rings (SSSR count). The van der Waals surface area contributed by atoms with Crippen LogP contribution in [0.15, 0.2) is 11.8 Å². The van der Waals surface area contributed by atoms with Crippen LogP contribution in [-0.2, 0) is 38.4 Å². The lowest BCUT2D eigenvalue weighted by Crippen LogP contribution is -2.62. The van der Waals surface area contributed by atoms with Gasteiger partial charge in [0.05, 0.1) is 0 Å². The molecule has 1 spiro atoms. The van der Waals surface area contributed by atoms with E-state index in [-0.39, 0.29) is 36.6 Å². The van der Waals surface area contributed by atoms with Gasteiger partial charge in [-0.2, -0.15) is 9.78 Å². The Morgan fingerprint density at radius 2 is 2.22 bits per heavy atom. The molecule has 0 saturated carbocycles. The zero-order chi connectivity index (χ0) is 19.6. The quantitative estimate of drug-likeness (QED) is 0.245. The van der Waals surface area contributed by atoms with E-state index in [4.69, 9.17) is 19.9 Å². The van der Waals surface area contributed by atoms with E-state index >= 15 is 0 Å². The van der Waals surface area contributed by atoms with E-state index < -0.39 is 17.9 Å². The molecule has 0 bridgehead atoms. The first-order valence-electron chi connectivity index (χ1n) is 8.17. The molecule has 2 unspecified atom stereocenters. The van der Waals surface area contributed by atoms with E-state index in [0.29, 0.717) is 6.54 Å². The lowest BCUT2D eigenvalue weighted by Gasteiger charge is -2.46. The highest BCUT2D eigenvalue weighted by atomic mass is 32.2. The van der Waals surface area contributed by atoms with E-state index in [1.54, 1.807) is 30.0 Å². The number of hydrogen-bond donors (Lipinski definition) is 2. The first-order chi connectivity index (χ1) is 12.8. The molecule has 4 aliphatic heterocycles. The van der Waals surface area contributed by atoms with Crippen LogP contribution in [-0.4, -0.2) is 78.8 Å². The number of methoxy groups -OCH3 is 1. The second-order valence-corrected chi connectivity index (χ2v) is 7.28. The Kier molecular flexibility index (Phi) is 6.03. The van der Waals surface area contributed by atoms with Crippen molar-refractivity contribution in [3.8, 4) is 0 Å². The lowest BCUT2D eigenvalue weighted by atomic mass is 10.1. The number of β-lactam (4-membered cyclic amide) rings is 1. The highest BCUT2D eigenvalue weighted by Gasteiger charge is 2.53. The minimum Gasteiger partial charge on any atom is -0.461 e. The van der Waals surface area contributed by atoms with Crippen molar-refractivity contribution >= 4 is 29.5 Å². The second-order valence-electron chi connectivity index (χ2n) is 6.17. The smallest absolute Gasteiger partial charge is 0.310 e. The maximum atomic E-state index is 11.5. The van der Waals surface area contributed by atoms with Gasteiger partial charge in [0.1, 0.15) is 24.7 Å². The van der Waals surface area contributed by atoms with Crippen LogP contribution in [0.25, 0.3) is 0 Å². The number of rotatable bonds is 4. The number of carbonyl (C=O) groups excluding carboxylic acids is 3. The van der Waals surface area contributed by atoms with Crippen molar-refractivity contribution in [2.75, 3.05) is 32.6 Å². The molecule has 3 fully saturated rings. The fourth-order valence-electron chi connectivity index (χ4n) is 2.59. The summed E-state index contributed by atoms with van der Waals surface area (Å²) in [5.74, 6) is -0.834. The monoisotopic (exact) mass is 403 g/mol. The predicted molar refractivity (Wildman–Crippen MR) is 90.4 cm³/mol. The summed E-state index contributed by atoms with van der Waals surface area (Å²) in [6.45, 7) is 2.15. The summed E-state index contributed by atoms with van der Waals surface area (Å²) in [6.07, 6.45) is 0.868. The highest BCUT2D eigenvalue weighted by molar-refractivity contribution is 8.00. The van der Waals surface area contributed by atoms with Crippen molar-refractivity contribution < 1.29 is 38.4 Å². The maximum Gasteiger partial charge on any atom is 0.310 e. The average Bonchev–Trinajstić information content (AvgIpc) is 3.40. The summed E-state index contributed by atoms with van der Waals surface area (Å²) in [5, 5.41) is 2.91. The van der Waals surface area contributed by atoms with Gasteiger partial charge in [-0.1, -0.05) is 0 Å². The van der Waals surface area contributed by atoms with Crippen molar-refractivity contribution in [3.05, 3.63) is 11.8 Å². The van der Waals surface area contributed by atoms with Gasteiger partial charge in [0.25, 0.3) is 5.91 Å². The largest absolute Gasteiger partial charge is 0.461 e. The number of hydrogen-bond acceptors (Lipinski definition) is 10. The van der Waals surface area contributed by atoms with Gasteiger partial charge in [0, 0.05) is 32.5 Å². The normalized spacial score (nSPS) is 30.3. The topological polar surface area (TPSA) is 145 Å². The standard InChI is InChI=1S/C10H13NO4S.C5H8N2O4/c1-6(12)15-4-7-3-11-9(13)8(14-2)10(11)16-5-7;6-4(8)3-1-7-5(2-9-3)10-11-5/h3,8,10H,4-5H2,1-2H3;3,7H,1-2H2,(H2,6,8)/t8-,10?;/m0./s1. The summed E-state index contributed by atoms with van der Waals surface area (Å²) in [7, 11) is 1.54. The summed E-state index contributed by atoms with van der Waals surface area (Å²) in [5.41, 5.74) is 5.93. The molecule has 27 heavy (non-hydrogen) atoms. The molecule has 2 amide bonds. The number of nitrogens with zero attached hydrogens (tertiary/aromatic N) is 1. The molecule has 0 aromatic heterocycles. The lowest BCUT2D eigenvalue weighted by molar-refractivity contribution is -0.157. The van der Waals surface area contributed by atoms with Crippen LogP contribution in [0.1, 0.15) is 6.92 Å². The third-order valence-corrected chi connectivity index (χ3v) is 5.49. The maximum absolute atomic E-state index is 11.5. The number of ether oxygens (including phenoxy) is 3. The third-order valence-electron chi connectivity index (χ3n) is 4.14. The van der Waals surface area contributed by atoms with Crippen LogP contribution in [0.2, 0.25) is 0 Å². The van der Waals surface area contributed by atoms with Crippen molar-refractivity contribution in [1.29, 1.82) is 0 Å². The molecule has 3 saturated heterocycles. The Morgan fingerprint density at radius 3 is 2.74 bits per heavy atom. The van der Waals surface area contributed by atoms with E-state index in [0.717, 1.165) is 11.3 Å². The van der Waals surface area contributed by atoms with Crippen LogP contribution in [0.5, 0.6) is 0 Å². The van der Waals surface area contributed by atoms with Crippen LogP contribution < -0.4 is 11.1 Å². The Hall–Kier alpha value is -1.70. The van der Waals surface area contributed by atoms with Gasteiger partial charge in [-0.3, -0.25) is 19.7 Å². The van der Waals surface area contributed by atoms with Crippen molar-refractivity contribution in [2.45, 2.75) is 30.4 Å². The Labute approximate surface area is 159 Å². The number of carbonyl (C=O) groups is 3. The minimum absolute atomic E-state index is 0.0278. The Bertz CT molecular complexity index is 643. The van der Waals surface area contributed by atoms with Crippen molar-refractivity contribution in [1.82, 2.24) is 10.2 Å². The van der Waals surface area contributed by atoms with Gasteiger partial charge < -0.3 is 24.8 Å². The number of primary amides is 1. The van der Waals surface area contributed by atoms with Gasteiger partial charge in [-0.05, 0) is 5.57 Å². The molecular formula is C15H21N3O8S. The number of thioether (sulfide) groups is 1. The third kappa shape index (κ3) is 4.59. The van der Waals surface area contributed by atoms with Crippen LogP contribution in [0, 0.1) is 0 Å². The predicted octanol–water partition coefficient (Wildman–Crippen LogP) is -1.56. The number of nitrogens with one attached hydrogen (secondary N) is 1. The molecule has 150 valence electrons. The molecule has 4 heterocycles. The molecule has 3 N–H and O–H groups in total. The molecule has 11 nitrogen and oxygen atoms in total. The first kappa shape index (κ1) is 20.0. The fraction of sp³-hybridized carbons (Fsp3) is 0.667. The number of fused-ring (bicyclic) bond motifs is 1. The zero-order valence-corrected chi connectivity index (χ0v) is 15.7. The Morgan fingerprint density at radius 1 is 1.48 bits per heavy atom. The van der Waals surface area contributed by atoms with E-state index in [2.05, 4.69) is 15.1 Å². The van der Waals surface area contributed by atoms with Crippen LogP contribution in [0.4, 0.5) is 0 Å². The van der Waals surface area contributed by atoms with E-state index in [1.165, 1.54) is 6.92 Å². The van der Waals surface area contributed by atoms with E-state index in [1.807, 2.05) is 0 Å². The van der Waals surface area contributed by atoms with Gasteiger partial charge in [-0.15, -0.1) is 11.8 Å². The van der Waals surface area contributed by atoms with Crippen LogP contribution >= 0.6 is 11.8 Å². The Balaban J connectivity index is 0.000000166. The molecule has 3 atom stereocenters. The van der Waals surface area contributed by atoms with Gasteiger partial charge >= 0.3 is 11.9 Å². The van der Waals surface area contributed by atoms with Crippen molar-refractivity contribution in [3.63, 3.8) is 0 Å². The van der Waals surface area contributed by atoms with Gasteiger partial charge in [-0.25, -0.2) is 0 Å².